The Balaban J connectivity index is 1.66. The van der Waals surface area contributed by atoms with Gasteiger partial charge in [0, 0.05) is 47.0 Å². The normalized spacial score (nSPS) is 13.3. The Hall–Kier alpha value is -2.27. The average molecular weight is 518 g/mol. The molecule has 0 saturated heterocycles. The van der Waals surface area contributed by atoms with Crippen LogP contribution in [0, 0.1) is 11.3 Å². The van der Waals surface area contributed by atoms with Crippen molar-refractivity contribution in [1.29, 1.82) is 5.26 Å². The molecule has 0 aliphatic carbocycles. The van der Waals surface area contributed by atoms with Crippen LogP contribution < -0.4 is 5.32 Å². The van der Waals surface area contributed by atoms with E-state index in [4.69, 9.17) is 39.8 Å². The third-order valence-corrected chi connectivity index (χ3v) is 7.35. The standard InChI is InChI=1S/C24H19Cl3N4OS/c1-31-9-8-21-17(12-31)23(15-4-2-3-5-18(15)25)16(11-28)24(30-21)33-13-22(32)29-14-6-7-19(26)20(27)10-14/h2-7,10H,8-9,12-13H2,1H3,(H,29,32). The third-order valence-electron chi connectivity index (χ3n) is 5.31. The van der Waals surface area contributed by atoms with Crippen LogP contribution >= 0.6 is 46.6 Å². The van der Waals surface area contributed by atoms with E-state index in [1.807, 2.05) is 31.3 Å². The first-order valence-electron chi connectivity index (χ1n) is 10.1. The summed E-state index contributed by atoms with van der Waals surface area (Å²) in [6.07, 6.45) is 0.762. The van der Waals surface area contributed by atoms with Crippen molar-refractivity contribution in [3.63, 3.8) is 0 Å². The predicted molar refractivity (Wildman–Crippen MR) is 135 cm³/mol. The highest BCUT2D eigenvalue weighted by Crippen LogP contribution is 2.39. The Bertz CT molecular complexity index is 1280. The van der Waals surface area contributed by atoms with Crippen LogP contribution in [0.3, 0.4) is 0 Å². The Morgan fingerprint density at radius 2 is 1.97 bits per heavy atom. The number of rotatable bonds is 5. The van der Waals surface area contributed by atoms with Crippen LogP contribution in [0.4, 0.5) is 5.69 Å². The van der Waals surface area contributed by atoms with Gasteiger partial charge in [0.25, 0.3) is 0 Å². The zero-order valence-corrected chi connectivity index (χ0v) is 20.7. The first-order valence-corrected chi connectivity index (χ1v) is 12.3. The minimum atomic E-state index is -0.235. The Kier molecular flexibility index (Phi) is 7.48. The zero-order chi connectivity index (χ0) is 23.5. The molecule has 0 saturated carbocycles. The molecule has 2 aromatic carbocycles. The van der Waals surface area contributed by atoms with Gasteiger partial charge in [-0.15, -0.1) is 0 Å². The monoisotopic (exact) mass is 516 g/mol. The lowest BCUT2D eigenvalue weighted by molar-refractivity contribution is -0.113. The summed E-state index contributed by atoms with van der Waals surface area (Å²) in [5, 5.41) is 14.8. The number of anilines is 1. The fourth-order valence-electron chi connectivity index (χ4n) is 3.75. The van der Waals surface area contributed by atoms with Crippen molar-refractivity contribution in [1.82, 2.24) is 9.88 Å². The molecule has 4 rings (SSSR count). The predicted octanol–water partition coefficient (Wildman–Crippen LogP) is 6.30. The lowest BCUT2D eigenvalue weighted by Gasteiger charge is -2.28. The Morgan fingerprint density at radius 3 is 2.70 bits per heavy atom. The molecule has 1 aliphatic rings. The van der Waals surface area contributed by atoms with E-state index in [0.717, 1.165) is 35.3 Å². The number of fused-ring (bicyclic) bond motifs is 1. The number of amides is 1. The van der Waals surface area contributed by atoms with Crippen molar-refractivity contribution >= 4 is 58.2 Å². The third kappa shape index (κ3) is 5.29. The minimum Gasteiger partial charge on any atom is -0.325 e. The van der Waals surface area contributed by atoms with Crippen LogP contribution in [0.5, 0.6) is 0 Å². The smallest absolute Gasteiger partial charge is 0.234 e. The molecule has 1 aliphatic heterocycles. The van der Waals surface area contributed by atoms with Gasteiger partial charge in [0.1, 0.15) is 11.1 Å². The van der Waals surface area contributed by atoms with Gasteiger partial charge in [0.15, 0.2) is 0 Å². The van der Waals surface area contributed by atoms with Crippen LogP contribution in [0.15, 0.2) is 47.5 Å². The van der Waals surface area contributed by atoms with E-state index in [1.165, 1.54) is 11.8 Å². The molecule has 2 heterocycles. The van der Waals surface area contributed by atoms with E-state index in [9.17, 15) is 10.1 Å². The fraction of sp³-hybridized carbons (Fsp3) is 0.208. The molecule has 0 fully saturated rings. The molecule has 1 aromatic heterocycles. The Labute approximate surface area is 211 Å². The summed E-state index contributed by atoms with van der Waals surface area (Å²) in [5.74, 6) is -0.149. The van der Waals surface area contributed by atoms with Crippen molar-refractivity contribution in [2.75, 3.05) is 24.7 Å². The zero-order valence-electron chi connectivity index (χ0n) is 17.7. The molecule has 0 radical (unpaired) electrons. The number of carbonyl (C=O) groups excluding carboxylic acids is 1. The van der Waals surface area contributed by atoms with Gasteiger partial charge in [-0.1, -0.05) is 64.8 Å². The van der Waals surface area contributed by atoms with Crippen LogP contribution in [-0.2, 0) is 17.8 Å². The van der Waals surface area contributed by atoms with Gasteiger partial charge < -0.3 is 10.2 Å². The number of thioether (sulfide) groups is 1. The molecule has 33 heavy (non-hydrogen) atoms. The number of nitrogens with one attached hydrogen (secondary N) is 1. The van der Waals surface area contributed by atoms with Crippen molar-refractivity contribution in [2.45, 2.75) is 18.0 Å². The second-order valence-corrected chi connectivity index (χ2v) is 9.82. The molecule has 0 atom stereocenters. The first-order chi connectivity index (χ1) is 15.9. The second kappa shape index (κ2) is 10.3. The number of pyridine rings is 1. The summed E-state index contributed by atoms with van der Waals surface area (Å²) in [6, 6.07) is 14.7. The van der Waals surface area contributed by atoms with Crippen LogP contribution in [-0.4, -0.2) is 35.1 Å². The highest BCUT2D eigenvalue weighted by atomic mass is 35.5. The van der Waals surface area contributed by atoms with Crippen LogP contribution in [0.1, 0.15) is 16.8 Å². The van der Waals surface area contributed by atoms with E-state index in [2.05, 4.69) is 16.3 Å². The molecule has 9 heteroatoms. The highest BCUT2D eigenvalue weighted by molar-refractivity contribution is 8.00. The first kappa shape index (κ1) is 23.9. The summed E-state index contributed by atoms with van der Waals surface area (Å²) in [7, 11) is 2.04. The highest BCUT2D eigenvalue weighted by Gasteiger charge is 2.26. The van der Waals surface area contributed by atoms with Gasteiger partial charge >= 0.3 is 0 Å². The number of nitrogens with zero attached hydrogens (tertiary/aromatic N) is 3. The lowest BCUT2D eigenvalue weighted by atomic mass is 9.92. The molecular formula is C24H19Cl3N4OS. The summed E-state index contributed by atoms with van der Waals surface area (Å²) < 4.78 is 0. The van der Waals surface area contributed by atoms with Crippen molar-refractivity contribution < 1.29 is 4.79 Å². The van der Waals surface area contributed by atoms with E-state index >= 15 is 0 Å². The fourth-order valence-corrected chi connectivity index (χ4v) is 5.08. The summed E-state index contributed by atoms with van der Waals surface area (Å²) in [4.78, 5) is 19.6. The van der Waals surface area contributed by atoms with E-state index in [1.54, 1.807) is 18.2 Å². The van der Waals surface area contributed by atoms with Gasteiger partial charge in [-0.2, -0.15) is 5.26 Å². The van der Waals surface area contributed by atoms with E-state index in [-0.39, 0.29) is 11.7 Å². The molecule has 1 N–H and O–H groups in total. The van der Waals surface area contributed by atoms with E-state index in [0.29, 0.717) is 37.9 Å². The summed E-state index contributed by atoms with van der Waals surface area (Å²) in [6.45, 7) is 1.55. The maximum Gasteiger partial charge on any atom is 0.234 e. The number of benzene rings is 2. The summed E-state index contributed by atoms with van der Waals surface area (Å²) in [5.41, 5.74) is 4.53. The molecule has 3 aromatic rings. The molecule has 1 amide bonds. The van der Waals surface area contributed by atoms with Crippen molar-refractivity contribution in [3.05, 3.63) is 74.4 Å². The number of hydrogen-bond donors (Lipinski definition) is 1. The number of carbonyl (C=O) groups is 1. The molecule has 0 unspecified atom stereocenters. The molecule has 168 valence electrons. The molecule has 5 nitrogen and oxygen atoms in total. The largest absolute Gasteiger partial charge is 0.325 e. The van der Waals surface area contributed by atoms with E-state index < -0.39 is 0 Å². The maximum absolute atomic E-state index is 12.6. The number of hydrogen-bond acceptors (Lipinski definition) is 5. The second-order valence-electron chi connectivity index (χ2n) is 7.64. The average Bonchev–Trinajstić information content (AvgIpc) is 2.79. The number of likely N-dealkylation sites (N-methyl/N-ethyl adjacent to an activating group) is 1. The van der Waals surface area contributed by atoms with Gasteiger partial charge in [0.2, 0.25) is 5.91 Å². The maximum atomic E-state index is 12.6. The SMILES string of the molecule is CN1CCc2nc(SCC(=O)Nc3ccc(Cl)c(Cl)c3)c(C#N)c(-c3ccccc3Cl)c2C1. The number of aromatic nitrogens is 1. The number of halogens is 3. The minimum absolute atomic E-state index is 0.0859. The molecule has 0 bridgehead atoms. The molecular weight excluding hydrogens is 499 g/mol. The van der Waals surface area contributed by atoms with Gasteiger partial charge in [-0.25, -0.2) is 4.98 Å². The van der Waals surface area contributed by atoms with Gasteiger partial charge in [-0.3, -0.25) is 4.79 Å². The van der Waals surface area contributed by atoms with Gasteiger partial charge in [0.05, 0.1) is 21.4 Å². The topological polar surface area (TPSA) is 69.0 Å². The van der Waals surface area contributed by atoms with Crippen molar-refractivity contribution in [3.8, 4) is 17.2 Å². The summed E-state index contributed by atoms with van der Waals surface area (Å²) >= 11 is 19.7. The van der Waals surface area contributed by atoms with Crippen LogP contribution in [0.2, 0.25) is 15.1 Å². The van der Waals surface area contributed by atoms with Gasteiger partial charge in [-0.05, 0) is 36.9 Å². The molecule has 0 spiro atoms. The quantitative estimate of drug-likeness (QED) is 0.402. The van der Waals surface area contributed by atoms with Crippen LogP contribution in [0.25, 0.3) is 11.1 Å². The lowest BCUT2D eigenvalue weighted by Crippen LogP contribution is -2.28. The number of nitriles is 1. The Morgan fingerprint density at radius 1 is 1.18 bits per heavy atom. The van der Waals surface area contributed by atoms with Crippen molar-refractivity contribution in [2.24, 2.45) is 0 Å².